The number of hydrogen-bond acceptors (Lipinski definition) is 5. The molecule has 6 nitrogen and oxygen atoms in total. The van der Waals surface area contributed by atoms with Crippen molar-refractivity contribution in [3.8, 4) is 0 Å². The van der Waals surface area contributed by atoms with Gasteiger partial charge in [0, 0.05) is 0 Å². The topological polar surface area (TPSA) is 89.9 Å². The lowest BCUT2D eigenvalue weighted by Crippen LogP contribution is -2.42. The largest absolute Gasteiger partial charge is 0.509 e. The summed E-state index contributed by atoms with van der Waals surface area (Å²) >= 11 is 0. The van der Waals surface area contributed by atoms with Crippen LogP contribution in [0.2, 0.25) is 0 Å². The van der Waals surface area contributed by atoms with Crippen molar-refractivity contribution in [1.29, 1.82) is 0 Å². The highest BCUT2D eigenvalue weighted by molar-refractivity contribution is 7.86. The van der Waals surface area contributed by atoms with E-state index in [0.29, 0.717) is 6.92 Å². The smallest absolute Gasteiger partial charge is 0.430 e. The Balaban J connectivity index is 4.52. The highest BCUT2D eigenvalue weighted by atomic mass is 32.2. The zero-order valence-electron chi connectivity index (χ0n) is 8.22. The third-order valence-corrected chi connectivity index (χ3v) is 2.43. The molecule has 0 aromatic rings. The van der Waals surface area contributed by atoms with Crippen LogP contribution in [0.5, 0.6) is 0 Å². The highest BCUT2D eigenvalue weighted by Crippen LogP contribution is 2.27. The van der Waals surface area contributed by atoms with E-state index in [0.717, 1.165) is 6.08 Å². The molecule has 0 rings (SSSR count). The lowest BCUT2D eigenvalue weighted by molar-refractivity contribution is -0.0648. The van der Waals surface area contributed by atoms with Crippen molar-refractivity contribution in [3.63, 3.8) is 0 Å². The molecule has 1 unspecified atom stereocenters. The number of carbonyl (C=O) groups is 1. The molecular weight excluding hydrogens is 250 g/mol. The molecule has 94 valence electrons. The van der Waals surface area contributed by atoms with Crippen LogP contribution in [-0.4, -0.2) is 37.1 Å². The van der Waals surface area contributed by atoms with Crippen molar-refractivity contribution in [2.45, 2.75) is 18.3 Å². The lowest BCUT2D eigenvalue weighted by Gasteiger charge is -2.20. The fourth-order valence-corrected chi connectivity index (χ4v) is 1.05. The van der Waals surface area contributed by atoms with Crippen molar-refractivity contribution in [3.05, 3.63) is 12.7 Å². The van der Waals surface area contributed by atoms with Gasteiger partial charge >= 0.3 is 21.5 Å². The van der Waals surface area contributed by atoms with Gasteiger partial charge in [0.1, 0.15) is 6.61 Å². The molecule has 0 heterocycles. The first-order valence-corrected chi connectivity index (χ1v) is 5.36. The van der Waals surface area contributed by atoms with E-state index in [-0.39, 0.29) is 6.61 Å². The minimum Gasteiger partial charge on any atom is -0.430 e. The molecule has 0 aliphatic heterocycles. The number of carbonyl (C=O) groups excluding carboxylic acids is 1. The van der Waals surface area contributed by atoms with Crippen LogP contribution in [0.25, 0.3) is 0 Å². The molecule has 0 aliphatic carbocycles. The maximum Gasteiger partial charge on any atom is 0.509 e. The summed E-state index contributed by atoms with van der Waals surface area (Å²) in [6, 6.07) is 0. The van der Waals surface area contributed by atoms with E-state index in [1.54, 1.807) is 0 Å². The van der Waals surface area contributed by atoms with Gasteiger partial charge in [-0.3, -0.25) is 4.55 Å². The normalized spacial score (nSPS) is 14.0. The summed E-state index contributed by atoms with van der Waals surface area (Å²) in [4.78, 5) is 10.7. The van der Waals surface area contributed by atoms with Gasteiger partial charge in [-0.2, -0.15) is 17.2 Å². The lowest BCUT2D eigenvalue weighted by atomic mass is 10.4. The summed E-state index contributed by atoms with van der Waals surface area (Å²) in [6.45, 7) is 3.51. The molecule has 1 N–H and O–H groups in total. The van der Waals surface area contributed by atoms with E-state index in [1.165, 1.54) is 0 Å². The summed E-state index contributed by atoms with van der Waals surface area (Å²) in [7, 11) is -5.65. The minimum absolute atomic E-state index is 0.275. The number of rotatable bonds is 5. The number of hydrogen-bond donors (Lipinski definition) is 1. The van der Waals surface area contributed by atoms with E-state index < -0.39 is 27.6 Å². The Bertz CT molecular complexity index is 363. The minimum atomic E-state index is -5.65. The van der Waals surface area contributed by atoms with Gasteiger partial charge in [0.15, 0.2) is 6.10 Å². The molecule has 0 saturated carbocycles. The Morgan fingerprint density at radius 2 is 2.12 bits per heavy atom. The van der Waals surface area contributed by atoms with Crippen LogP contribution in [0.1, 0.15) is 6.92 Å². The summed E-state index contributed by atoms with van der Waals surface area (Å²) in [5.41, 5.74) is 0. The van der Waals surface area contributed by atoms with Gasteiger partial charge < -0.3 is 9.47 Å². The molecule has 0 aliphatic rings. The third kappa shape index (κ3) is 3.74. The SMILES string of the molecule is C=CCOC(=O)OC(C)C(F)(F)S(=O)(=O)O. The first-order valence-electron chi connectivity index (χ1n) is 3.92. The van der Waals surface area contributed by atoms with Gasteiger partial charge in [-0.1, -0.05) is 12.7 Å². The average molecular weight is 260 g/mol. The van der Waals surface area contributed by atoms with Crippen molar-refractivity contribution < 1.29 is 36.0 Å². The van der Waals surface area contributed by atoms with E-state index >= 15 is 0 Å². The second-order valence-electron chi connectivity index (χ2n) is 2.65. The molecule has 0 radical (unpaired) electrons. The predicted octanol–water partition coefficient (Wildman–Crippen LogP) is 1.19. The van der Waals surface area contributed by atoms with Crippen LogP contribution >= 0.6 is 0 Å². The van der Waals surface area contributed by atoms with Gasteiger partial charge in [-0.15, -0.1) is 0 Å². The number of ether oxygens (including phenoxy) is 2. The Morgan fingerprint density at radius 1 is 1.62 bits per heavy atom. The Labute approximate surface area is 90.6 Å². The average Bonchev–Trinajstić information content (AvgIpc) is 2.12. The quantitative estimate of drug-likeness (QED) is 0.453. The molecule has 0 saturated heterocycles. The van der Waals surface area contributed by atoms with Crippen molar-refractivity contribution >= 4 is 16.3 Å². The second-order valence-corrected chi connectivity index (χ2v) is 4.14. The molecule has 9 heteroatoms. The summed E-state index contributed by atoms with van der Waals surface area (Å²) in [5, 5.41) is -4.60. The predicted molar refractivity (Wildman–Crippen MR) is 48.6 cm³/mol. The Morgan fingerprint density at radius 3 is 2.50 bits per heavy atom. The first kappa shape index (κ1) is 14.8. The molecule has 0 aromatic heterocycles. The second kappa shape index (κ2) is 5.21. The standard InChI is InChI=1S/C7H10F2O6S/c1-3-4-14-6(10)15-5(2)7(8,9)16(11,12)13/h3,5H,1,4H2,2H3,(H,11,12,13). The van der Waals surface area contributed by atoms with Crippen molar-refractivity contribution in [2.75, 3.05) is 6.61 Å². The van der Waals surface area contributed by atoms with Gasteiger partial charge in [0.25, 0.3) is 0 Å². The molecular formula is C7H10F2O6S. The third-order valence-electron chi connectivity index (χ3n) is 1.41. The molecule has 0 bridgehead atoms. The Kier molecular flexibility index (Phi) is 4.81. The van der Waals surface area contributed by atoms with Crippen LogP contribution in [-0.2, 0) is 19.6 Å². The van der Waals surface area contributed by atoms with Gasteiger partial charge in [-0.05, 0) is 6.92 Å². The van der Waals surface area contributed by atoms with Crippen LogP contribution in [0, 0.1) is 0 Å². The monoisotopic (exact) mass is 260 g/mol. The molecule has 16 heavy (non-hydrogen) atoms. The molecule has 0 amide bonds. The zero-order chi connectivity index (χ0) is 13.0. The van der Waals surface area contributed by atoms with E-state index in [4.69, 9.17) is 4.55 Å². The molecule has 0 aromatic carbocycles. The van der Waals surface area contributed by atoms with E-state index in [1.807, 2.05) is 0 Å². The Hall–Kier alpha value is -1.22. The van der Waals surface area contributed by atoms with E-state index in [2.05, 4.69) is 16.1 Å². The van der Waals surface area contributed by atoms with Crippen molar-refractivity contribution in [2.24, 2.45) is 0 Å². The summed E-state index contributed by atoms with van der Waals surface area (Å²) in [6.07, 6.45) is -2.71. The number of halogens is 2. The molecule has 0 spiro atoms. The van der Waals surface area contributed by atoms with Crippen LogP contribution in [0.15, 0.2) is 12.7 Å². The zero-order valence-corrected chi connectivity index (χ0v) is 9.04. The van der Waals surface area contributed by atoms with Crippen LogP contribution < -0.4 is 0 Å². The fraction of sp³-hybridized carbons (Fsp3) is 0.571. The van der Waals surface area contributed by atoms with Gasteiger partial charge in [0.2, 0.25) is 0 Å². The maximum absolute atomic E-state index is 12.8. The fourth-order valence-electron chi connectivity index (χ4n) is 0.584. The van der Waals surface area contributed by atoms with Gasteiger partial charge in [0.05, 0.1) is 0 Å². The first-order chi connectivity index (χ1) is 7.13. The summed E-state index contributed by atoms with van der Waals surface area (Å²) < 4.78 is 62.4. The molecule has 1 atom stereocenters. The summed E-state index contributed by atoms with van der Waals surface area (Å²) in [5.74, 6) is 0. The van der Waals surface area contributed by atoms with Crippen LogP contribution in [0.3, 0.4) is 0 Å². The highest BCUT2D eigenvalue weighted by Gasteiger charge is 2.52. The van der Waals surface area contributed by atoms with E-state index in [9.17, 15) is 22.0 Å². The maximum atomic E-state index is 12.8. The van der Waals surface area contributed by atoms with Gasteiger partial charge in [-0.25, -0.2) is 4.79 Å². The molecule has 0 fully saturated rings. The number of alkyl halides is 2. The van der Waals surface area contributed by atoms with Crippen molar-refractivity contribution in [1.82, 2.24) is 0 Å². The van der Waals surface area contributed by atoms with Crippen LogP contribution in [0.4, 0.5) is 13.6 Å².